The average Bonchev–Trinajstić information content (AvgIpc) is 2.73. The first-order valence-corrected chi connectivity index (χ1v) is 7.88. The quantitative estimate of drug-likeness (QED) is 0.863. The van der Waals surface area contributed by atoms with Crippen molar-refractivity contribution in [1.29, 1.82) is 0 Å². The van der Waals surface area contributed by atoms with Gasteiger partial charge in [-0.3, -0.25) is 14.7 Å². The Labute approximate surface area is 144 Å². The van der Waals surface area contributed by atoms with Gasteiger partial charge in [-0.05, 0) is 31.4 Å². The van der Waals surface area contributed by atoms with Crippen LogP contribution < -0.4 is 5.32 Å². The molecule has 0 aromatic carbocycles. The Morgan fingerprint density at radius 3 is 2.60 bits per heavy atom. The Kier molecular flexibility index (Phi) is 5.11. The number of carbonyl (C=O) groups is 1. The van der Waals surface area contributed by atoms with Gasteiger partial charge < -0.3 is 0 Å². The second kappa shape index (κ2) is 6.65. The SMILES string of the molecule is C.CC(C)(CC(=O)Nc1nc2cccnc2n1C1CCC1)C(F)(F)F. The second-order valence-electron chi connectivity index (χ2n) is 6.84. The van der Waals surface area contributed by atoms with E-state index in [0.717, 1.165) is 33.1 Å². The van der Waals surface area contributed by atoms with Crippen LogP contribution in [0.3, 0.4) is 0 Å². The predicted octanol–water partition coefficient (Wildman–Crippen LogP) is 4.71. The van der Waals surface area contributed by atoms with Gasteiger partial charge in [0.05, 0.1) is 5.41 Å². The monoisotopic (exact) mass is 356 g/mol. The van der Waals surface area contributed by atoms with Crippen LogP contribution in [0.1, 0.15) is 53.0 Å². The first kappa shape index (κ1) is 19.2. The molecule has 2 aromatic rings. The van der Waals surface area contributed by atoms with Crippen molar-refractivity contribution < 1.29 is 18.0 Å². The van der Waals surface area contributed by atoms with Crippen molar-refractivity contribution in [3.63, 3.8) is 0 Å². The first-order valence-electron chi connectivity index (χ1n) is 7.88. The number of amides is 1. The molecule has 1 aliphatic rings. The molecule has 0 unspecified atom stereocenters. The number of pyridine rings is 1. The van der Waals surface area contributed by atoms with E-state index < -0.39 is 23.9 Å². The maximum absolute atomic E-state index is 13.0. The van der Waals surface area contributed by atoms with E-state index in [1.807, 2.05) is 4.57 Å². The molecule has 138 valence electrons. The van der Waals surface area contributed by atoms with Gasteiger partial charge in [0.2, 0.25) is 11.9 Å². The fourth-order valence-electron chi connectivity index (χ4n) is 2.68. The van der Waals surface area contributed by atoms with Gasteiger partial charge in [0, 0.05) is 18.7 Å². The minimum atomic E-state index is -4.44. The van der Waals surface area contributed by atoms with Gasteiger partial charge in [-0.2, -0.15) is 13.2 Å². The van der Waals surface area contributed by atoms with Crippen molar-refractivity contribution in [1.82, 2.24) is 14.5 Å². The Hall–Kier alpha value is -2.12. The second-order valence-corrected chi connectivity index (χ2v) is 6.84. The van der Waals surface area contributed by atoms with Gasteiger partial charge in [0.15, 0.2) is 5.65 Å². The summed E-state index contributed by atoms with van der Waals surface area (Å²) in [6, 6.07) is 3.68. The third-order valence-electron chi connectivity index (χ3n) is 4.51. The molecule has 1 saturated carbocycles. The molecule has 0 aliphatic heterocycles. The van der Waals surface area contributed by atoms with Crippen molar-refractivity contribution in [2.75, 3.05) is 5.32 Å². The lowest BCUT2D eigenvalue weighted by atomic mass is 9.88. The Morgan fingerprint density at radius 2 is 2.04 bits per heavy atom. The highest BCUT2D eigenvalue weighted by molar-refractivity contribution is 5.91. The Bertz CT molecular complexity index is 763. The summed E-state index contributed by atoms with van der Waals surface area (Å²) in [5.74, 6) is -0.426. The van der Waals surface area contributed by atoms with E-state index in [0.29, 0.717) is 11.2 Å². The molecule has 5 nitrogen and oxygen atoms in total. The summed E-state index contributed by atoms with van der Waals surface area (Å²) in [6.07, 6.45) is -0.501. The van der Waals surface area contributed by atoms with Crippen LogP contribution in [0.15, 0.2) is 18.3 Å². The number of aromatic nitrogens is 3. The smallest absolute Gasteiger partial charge is 0.296 e. The highest BCUT2D eigenvalue weighted by Gasteiger charge is 2.48. The molecular formula is C17H23F3N4O. The lowest BCUT2D eigenvalue weighted by Crippen LogP contribution is -2.36. The molecule has 0 saturated heterocycles. The lowest BCUT2D eigenvalue weighted by molar-refractivity contribution is -0.213. The number of halogens is 3. The lowest BCUT2D eigenvalue weighted by Gasteiger charge is -2.29. The normalized spacial score (nSPS) is 15.6. The summed E-state index contributed by atoms with van der Waals surface area (Å²) in [4.78, 5) is 20.8. The van der Waals surface area contributed by atoms with E-state index in [1.165, 1.54) is 0 Å². The van der Waals surface area contributed by atoms with Crippen LogP contribution in [-0.2, 0) is 4.79 Å². The number of alkyl halides is 3. The molecule has 8 heteroatoms. The highest BCUT2D eigenvalue weighted by atomic mass is 19.4. The van der Waals surface area contributed by atoms with E-state index in [2.05, 4.69) is 15.3 Å². The molecule has 0 radical (unpaired) electrons. The molecule has 0 spiro atoms. The van der Waals surface area contributed by atoms with Crippen LogP contribution in [0, 0.1) is 5.41 Å². The molecule has 1 fully saturated rings. The predicted molar refractivity (Wildman–Crippen MR) is 90.2 cm³/mol. The number of nitrogens with zero attached hydrogens (tertiary/aromatic N) is 3. The number of imidazole rings is 1. The van der Waals surface area contributed by atoms with E-state index >= 15 is 0 Å². The molecule has 25 heavy (non-hydrogen) atoms. The van der Waals surface area contributed by atoms with Crippen LogP contribution in [0.25, 0.3) is 11.2 Å². The average molecular weight is 356 g/mol. The number of fused-ring (bicyclic) bond motifs is 1. The van der Waals surface area contributed by atoms with Crippen LogP contribution in [0.2, 0.25) is 0 Å². The summed E-state index contributed by atoms with van der Waals surface area (Å²) in [5, 5.41) is 2.55. The van der Waals surface area contributed by atoms with Crippen LogP contribution >= 0.6 is 0 Å². The van der Waals surface area contributed by atoms with Gasteiger partial charge >= 0.3 is 6.18 Å². The standard InChI is InChI=1S/C16H19F3N4O.CH4/c1-15(2,16(17,18)19)9-12(24)22-14-21-11-7-4-8-20-13(11)23(14)10-5-3-6-10;/h4,7-8,10H,3,5-6,9H2,1-2H3,(H,21,22,24);1H4. The van der Waals surface area contributed by atoms with Crippen molar-refractivity contribution in [3.8, 4) is 0 Å². The van der Waals surface area contributed by atoms with Crippen LogP contribution in [0.4, 0.5) is 19.1 Å². The number of hydrogen-bond donors (Lipinski definition) is 1. The summed E-state index contributed by atoms with van der Waals surface area (Å²) in [7, 11) is 0. The van der Waals surface area contributed by atoms with Gasteiger partial charge in [-0.25, -0.2) is 9.97 Å². The molecule has 0 atom stereocenters. The fraction of sp³-hybridized carbons (Fsp3) is 0.588. The summed E-state index contributed by atoms with van der Waals surface area (Å²) in [5.41, 5.74) is -0.829. The summed E-state index contributed by atoms with van der Waals surface area (Å²) < 4.78 is 40.7. The van der Waals surface area contributed by atoms with Crippen molar-refractivity contribution in [2.24, 2.45) is 5.41 Å². The summed E-state index contributed by atoms with van der Waals surface area (Å²) >= 11 is 0. The maximum atomic E-state index is 13.0. The highest BCUT2D eigenvalue weighted by Crippen LogP contribution is 2.41. The van der Waals surface area contributed by atoms with Crippen molar-refractivity contribution in [2.45, 2.75) is 59.2 Å². The van der Waals surface area contributed by atoms with E-state index in [9.17, 15) is 18.0 Å². The van der Waals surface area contributed by atoms with Gasteiger partial charge in [-0.1, -0.05) is 21.3 Å². The number of nitrogens with one attached hydrogen (secondary N) is 1. The van der Waals surface area contributed by atoms with E-state index in [-0.39, 0.29) is 19.4 Å². The molecule has 3 rings (SSSR count). The van der Waals surface area contributed by atoms with Crippen molar-refractivity contribution in [3.05, 3.63) is 18.3 Å². The molecule has 1 aliphatic carbocycles. The Morgan fingerprint density at radius 1 is 1.36 bits per heavy atom. The number of anilines is 1. The van der Waals surface area contributed by atoms with Gasteiger partial charge in [0.25, 0.3) is 0 Å². The van der Waals surface area contributed by atoms with Gasteiger partial charge in [0.1, 0.15) is 5.52 Å². The zero-order chi connectivity index (χ0) is 17.5. The van der Waals surface area contributed by atoms with E-state index in [1.54, 1.807) is 18.3 Å². The van der Waals surface area contributed by atoms with E-state index in [4.69, 9.17) is 0 Å². The fourth-order valence-corrected chi connectivity index (χ4v) is 2.68. The summed E-state index contributed by atoms with van der Waals surface area (Å²) in [6.45, 7) is 2.03. The molecule has 2 aromatic heterocycles. The van der Waals surface area contributed by atoms with Crippen molar-refractivity contribution >= 4 is 23.0 Å². The minimum Gasteiger partial charge on any atom is -0.296 e. The molecule has 1 N–H and O–H groups in total. The topological polar surface area (TPSA) is 59.8 Å². The molecular weight excluding hydrogens is 333 g/mol. The molecule has 2 heterocycles. The Balaban J connectivity index is 0.00000225. The molecule has 1 amide bonds. The van der Waals surface area contributed by atoms with Crippen LogP contribution in [-0.4, -0.2) is 26.6 Å². The first-order chi connectivity index (χ1) is 11.2. The maximum Gasteiger partial charge on any atom is 0.394 e. The van der Waals surface area contributed by atoms with Crippen LogP contribution in [0.5, 0.6) is 0 Å². The third-order valence-corrected chi connectivity index (χ3v) is 4.51. The largest absolute Gasteiger partial charge is 0.394 e. The number of hydrogen-bond acceptors (Lipinski definition) is 3. The zero-order valence-electron chi connectivity index (χ0n) is 13.5. The zero-order valence-corrected chi connectivity index (χ0v) is 13.5. The number of rotatable bonds is 4. The molecule has 0 bridgehead atoms. The third kappa shape index (κ3) is 3.62. The minimum absolute atomic E-state index is 0. The van der Waals surface area contributed by atoms with Gasteiger partial charge in [-0.15, -0.1) is 0 Å². The number of carbonyl (C=O) groups excluding carboxylic acids is 1.